The molecule has 0 atom stereocenters. The van der Waals surface area contributed by atoms with Crippen molar-refractivity contribution in [2.75, 3.05) is 26.3 Å². The summed E-state index contributed by atoms with van der Waals surface area (Å²) in [6.07, 6.45) is 5.19. The van der Waals surface area contributed by atoms with E-state index >= 15 is 0 Å². The molecule has 0 aromatic carbocycles. The van der Waals surface area contributed by atoms with Gasteiger partial charge in [-0.05, 0) is 44.1 Å². The van der Waals surface area contributed by atoms with E-state index in [4.69, 9.17) is 4.74 Å². The molecule has 1 rings (SSSR count). The maximum Gasteiger partial charge on any atom is 0.0534 e. The lowest BCUT2D eigenvalue weighted by molar-refractivity contribution is 0.0320. The Morgan fingerprint density at radius 2 is 1.88 bits per heavy atom. The summed E-state index contributed by atoms with van der Waals surface area (Å²) in [7, 11) is 0. The summed E-state index contributed by atoms with van der Waals surface area (Å²) in [6, 6.07) is 0. The molecule has 2 heteroatoms. The van der Waals surface area contributed by atoms with Gasteiger partial charge < -0.3 is 10.1 Å². The van der Waals surface area contributed by atoms with Crippen LogP contribution in [0, 0.1) is 17.3 Å². The van der Waals surface area contributed by atoms with Crippen molar-refractivity contribution in [3.63, 3.8) is 0 Å². The highest BCUT2D eigenvalue weighted by Crippen LogP contribution is 2.31. The van der Waals surface area contributed by atoms with Crippen LogP contribution in [0.15, 0.2) is 0 Å². The standard InChI is InChI=1S/C15H31NO/c1-5-15(6-2,11-16-9-13(3)4)12-17-10-14-7-8-14/h13-14,16H,5-12H2,1-4H3. The average Bonchev–Trinajstić information content (AvgIpc) is 3.11. The normalized spacial score (nSPS) is 16.8. The first-order valence-electron chi connectivity index (χ1n) is 7.40. The van der Waals surface area contributed by atoms with Gasteiger partial charge in [0, 0.05) is 18.6 Å². The van der Waals surface area contributed by atoms with Crippen molar-refractivity contribution in [2.45, 2.75) is 53.4 Å². The Bertz CT molecular complexity index is 185. The first kappa shape index (κ1) is 15.0. The Kier molecular flexibility index (Phi) is 6.50. The molecule has 1 aliphatic rings. The molecular weight excluding hydrogens is 210 g/mol. The van der Waals surface area contributed by atoms with Crippen LogP contribution in [-0.2, 0) is 4.74 Å². The van der Waals surface area contributed by atoms with Crippen molar-refractivity contribution < 1.29 is 4.74 Å². The van der Waals surface area contributed by atoms with Gasteiger partial charge in [0.1, 0.15) is 0 Å². The molecule has 102 valence electrons. The van der Waals surface area contributed by atoms with Gasteiger partial charge in [-0.25, -0.2) is 0 Å². The summed E-state index contributed by atoms with van der Waals surface area (Å²) < 4.78 is 5.92. The number of hydrogen-bond donors (Lipinski definition) is 1. The Labute approximate surface area is 108 Å². The van der Waals surface area contributed by atoms with Crippen LogP contribution < -0.4 is 5.32 Å². The molecule has 1 aliphatic carbocycles. The van der Waals surface area contributed by atoms with Crippen molar-refractivity contribution in [1.82, 2.24) is 5.32 Å². The van der Waals surface area contributed by atoms with Gasteiger partial charge in [-0.15, -0.1) is 0 Å². The predicted molar refractivity (Wildman–Crippen MR) is 74.3 cm³/mol. The van der Waals surface area contributed by atoms with Crippen LogP contribution in [0.3, 0.4) is 0 Å². The molecule has 0 aliphatic heterocycles. The number of rotatable bonds is 10. The predicted octanol–water partition coefficient (Wildman–Crippen LogP) is 3.47. The molecule has 0 aromatic heterocycles. The summed E-state index contributed by atoms with van der Waals surface area (Å²) in [5.41, 5.74) is 0.351. The zero-order chi connectivity index (χ0) is 12.7. The first-order chi connectivity index (χ1) is 8.12. The third kappa shape index (κ3) is 5.87. The van der Waals surface area contributed by atoms with Crippen molar-refractivity contribution >= 4 is 0 Å². The van der Waals surface area contributed by atoms with Crippen LogP contribution in [0.25, 0.3) is 0 Å². The molecule has 0 aromatic rings. The molecule has 2 nitrogen and oxygen atoms in total. The van der Waals surface area contributed by atoms with Gasteiger partial charge in [0.2, 0.25) is 0 Å². The molecule has 0 radical (unpaired) electrons. The highest BCUT2D eigenvalue weighted by Gasteiger charge is 2.28. The minimum Gasteiger partial charge on any atom is -0.381 e. The minimum absolute atomic E-state index is 0.351. The highest BCUT2D eigenvalue weighted by atomic mass is 16.5. The molecule has 1 saturated carbocycles. The lowest BCUT2D eigenvalue weighted by Crippen LogP contribution is -2.38. The van der Waals surface area contributed by atoms with E-state index in [0.29, 0.717) is 5.41 Å². The van der Waals surface area contributed by atoms with Crippen LogP contribution in [0.5, 0.6) is 0 Å². The van der Waals surface area contributed by atoms with Crippen LogP contribution in [-0.4, -0.2) is 26.3 Å². The van der Waals surface area contributed by atoms with Gasteiger partial charge in [-0.1, -0.05) is 27.7 Å². The van der Waals surface area contributed by atoms with E-state index in [9.17, 15) is 0 Å². The van der Waals surface area contributed by atoms with Crippen molar-refractivity contribution in [3.8, 4) is 0 Å². The second kappa shape index (κ2) is 7.38. The van der Waals surface area contributed by atoms with Gasteiger partial charge in [-0.3, -0.25) is 0 Å². The number of ether oxygens (including phenoxy) is 1. The second-order valence-electron chi connectivity index (χ2n) is 6.19. The third-order valence-corrected chi connectivity index (χ3v) is 4.01. The van der Waals surface area contributed by atoms with Crippen molar-refractivity contribution in [2.24, 2.45) is 17.3 Å². The molecule has 0 amide bonds. The molecule has 0 saturated heterocycles. The van der Waals surface area contributed by atoms with Crippen molar-refractivity contribution in [1.29, 1.82) is 0 Å². The second-order valence-corrected chi connectivity index (χ2v) is 6.19. The quantitative estimate of drug-likeness (QED) is 0.632. The van der Waals surface area contributed by atoms with Gasteiger partial charge in [0.05, 0.1) is 6.61 Å². The van der Waals surface area contributed by atoms with E-state index in [2.05, 4.69) is 33.0 Å². The molecule has 0 unspecified atom stereocenters. The summed E-state index contributed by atoms with van der Waals surface area (Å²) in [4.78, 5) is 0. The van der Waals surface area contributed by atoms with E-state index in [1.807, 2.05) is 0 Å². The van der Waals surface area contributed by atoms with Crippen LogP contribution in [0.2, 0.25) is 0 Å². The largest absolute Gasteiger partial charge is 0.381 e. The van der Waals surface area contributed by atoms with Gasteiger partial charge >= 0.3 is 0 Å². The molecule has 0 heterocycles. The zero-order valence-corrected chi connectivity index (χ0v) is 12.2. The lowest BCUT2D eigenvalue weighted by Gasteiger charge is -2.32. The maximum atomic E-state index is 5.92. The Hall–Kier alpha value is -0.0800. The monoisotopic (exact) mass is 241 g/mol. The van der Waals surface area contributed by atoms with E-state index < -0.39 is 0 Å². The fraction of sp³-hybridized carbons (Fsp3) is 1.00. The lowest BCUT2D eigenvalue weighted by atomic mass is 9.83. The summed E-state index contributed by atoms with van der Waals surface area (Å²) in [5, 5.41) is 3.60. The topological polar surface area (TPSA) is 21.3 Å². The highest BCUT2D eigenvalue weighted by molar-refractivity contribution is 4.80. The molecular formula is C15H31NO. The van der Waals surface area contributed by atoms with Gasteiger partial charge in [0.25, 0.3) is 0 Å². The SMILES string of the molecule is CCC(CC)(CNCC(C)C)COCC1CC1. The van der Waals surface area contributed by atoms with Crippen molar-refractivity contribution in [3.05, 3.63) is 0 Å². The molecule has 1 fully saturated rings. The van der Waals surface area contributed by atoms with E-state index in [-0.39, 0.29) is 0 Å². The summed E-state index contributed by atoms with van der Waals surface area (Å²) >= 11 is 0. The van der Waals surface area contributed by atoms with Crippen LogP contribution in [0.1, 0.15) is 53.4 Å². The Balaban J connectivity index is 2.25. The van der Waals surface area contributed by atoms with Gasteiger partial charge in [-0.2, -0.15) is 0 Å². The molecule has 17 heavy (non-hydrogen) atoms. The maximum absolute atomic E-state index is 5.92. The minimum atomic E-state index is 0.351. The fourth-order valence-corrected chi connectivity index (χ4v) is 2.11. The molecule has 1 N–H and O–H groups in total. The Morgan fingerprint density at radius 1 is 1.24 bits per heavy atom. The van der Waals surface area contributed by atoms with E-state index in [0.717, 1.165) is 38.1 Å². The summed E-state index contributed by atoms with van der Waals surface area (Å²) in [5.74, 6) is 1.61. The van der Waals surface area contributed by atoms with Crippen LogP contribution >= 0.6 is 0 Å². The van der Waals surface area contributed by atoms with Gasteiger partial charge in [0.15, 0.2) is 0 Å². The molecule has 0 bridgehead atoms. The third-order valence-electron chi connectivity index (χ3n) is 4.01. The van der Waals surface area contributed by atoms with E-state index in [1.165, 1.54) is 25.7 Å². The number of hydrogen-bond acceptors (Lipinski definition) is 2. The molecule has 0 spiro atoms. The fourth-order valence-electron chi connectivity index (χ4n) is 2.11. The first-order valence-corrected chi connectivity index (χ1v) is 7.40. The zero-order valence-electron chi connectivity index (χ0n) is 12.2. The van der Waals surface area contributed by atoms with Crippen LogP contribution in [0.4, 0.5) is 0 Å². The average molecular weight is 241 g/mol. The van der Waals surface area contributed by atoms with E-state index in [1.54, 1.807) is 0 Å². The summed E-state index contributed by atoms with van der Waals surface area (Å²) in [6.45, 7) is 13.2. The number of nitrogens with one attached hydrogen (secondary N) is 1. The smallest absolute Gasteiger partial charge is 0.0534 e. The Morgan fingerprint density at radius 3 is 2.35 bits per heavy atom.